The summed E-state index contributed by atoms with van der Waals surface area (Å²) < 4.78 is 11.6. The van der Waals surface area contributed by atoms with Crippen molar-refractivity contribution in [3.63, 3.8) is 0 Å². The highest BCUT2D eigenvalue weighted by atomic mass is 16.5. The fraction of sp³-hybridized carbons (Fsp3) is 0.120. The van der Waals surface area contributed by atoms with Crippen molar-refractivity contribution < 1.29 is 18.7 Å². The zero-order valence-electron chi connectivity index (χ0n) is 17.0. The number of ether oxygens (including phenoxy) is 1. The lowest BCUT2D eigenvalue weighted by Gasteiger charge is -2.13. The molecule has 6 heteroatoms. The number of rotatable bonds is 7. The van der Waals surface area contributed by atoms with E-state index in [4.69, 9.17) is 14.9 Å². The molecular weight excluding hydrogens is 392 g/mol. The maximum atomic E-state index is 12.8. The SMILES string of the molecule is CC(NC(=O)c1cccc(COc2ccccc2C(N)=O)c1)c1cc2ccccc2o1. The van der Waals surface area contributed by atoms with E-state index in [2.05, 4.69) is 5.32 Å². The summed E-state index contributed by atoms with van der Waals surface area (Å²) >= 11 is 0. The van der Waals surface area contributed by atoms with Crippen LogP contribution in [0.5, 0.6) is 5.75 Å². The normalized spacial score (nSPS) is 11.8. The molecule has 0 aliphatic carbocycles. The average molecular weight is 414 g/mol. The van der Waals surface area contributed by atoms with Crippen LogP contribution in [0.1, 0.15) is 45.0 Å². The fourth-order valence-electron chi connectivity index (χ4n) is 3.33. The smallest absolute Gasteiger partial charge is 0.252 e. The molecule has 3 aromatic carbocycles. The van der Waals surface area contributed by atoms with E-state index in [1.165, 1.54) is 0 Å². The number of furan rings is 1. The number of amides is 2. The van der Waals surface area contributed by atoms with Crippen LogP contribution in [0.15, 0.2) is 83.3 Å². The van der Waals surface area contributed by atoms with Gasteiger partial charge in [0, 0.05) is 10.9 Å². The number of hydrogen-bond acceptors (Lipinski definition) is 4. The van der Waals surface area contributed by atoms with Crippen molar-refractivity contribution >= 4 is 22.8 Å². The molecule has 4 rings (SSSR count). The van der Waals surface area contributed by atoms with Crippen molar-refractivity contribution in [3.8, 4) is 5.75 Å². The third-order valence-corrected chi connectivity index (χ3v) is 4.95. The van der Waals surface area contributed by atoms with Gasteiger partial charge in [0.25, 0.3) is 11.8 Å². The lowest BCUT2D eigenvalue weighted by molar-refractivity contribution is 0.0934. The maximum absolute atomic E-state index is 12.8. The number of fused-ring (bicyclic) bond motifs is 1. The average Bonchev–Trinajstić information content (AvgIpc) is 3.22. The molecule has 0 aliphatic heterocycles. The highest BCUT2D eigenvalue weighted by Crippen LogP contribution is 2.24. The van der Waals surface area contributed by atoms with Gasteiger partial charge in [-0.2, -0.15) is 0 Å². The van der Waals surface area contributed by atoms with Gasteiger partial charge in [0.15, 0.2) is 0 Å². The molecule has 31 heavy (non-hydrogen) atoms. The van der Waals surface area contributed by atoms with E-state index in [0.717, 1.165) is 16.5 Å². The van der Waals surface area contributed by atoms with Gasteiger partial charge < -0.3 is 20.2 Å². The fourth-order valence-corrected chi connectivity index (χ4v) is 3.33. The summed E-state index contributed by atoms with van der Waals surface area (Å²) in [4.78, 5) is 24.3. The Kier molecular flexibility index (Phi) is 5.71. The molecule has 0 saturated heterocycles. The van der Waals surface area contributed by atoms with Crippen LogP contribution in [-0.2, 0) is 6.61 Å². The molecule has 0 saturated carbocycles. The number of nitrogens with two attached hydrogens (primary N) is 1. The quantitative estimate of drug-likeness (QED) is 0.462. The third kappa shape index (κ3) is 4.59. The molecule has 1 aromatic heterocycles. The van der Waals surface area contributed by atoms with Gasteiger partial charge in [0.05, 0.1) is 11.6 Å². The highest BCUT2D eigenvalue weighted by molar-refractivity contribution is 5.95. The Balaban J connectivity index is 1.44. The van der Waals surface area contributed by atoms with Gasteiger partial charge in [0.1, 0.15) is 23.7 Å². The van der Waals surface area contributed by atoms with Crippen molar-refractivity contribution in [2.24, 2.45) is 5.73 Å². The van der Waals surface area contributed by atoms with Gasteiger partial charge in [-0.3, -0.25) is 9.59 Å². The number of hydrogen-bond donors (Lipinski definition) is 2. The Morgan fingerprint density at radius 2 is 1.77 bits per heavy atom. The standard InChI is InChI=1S/C25H22N2O4/c1-16(23-14-18-8-2-4-11-21(18)31-23)27-25(29)19-9-6-7-17(13-19)15-30-22-12-5-3-10-20(22)24(26)28/h2-14,16H,15H2,1H3,(H2,26,28)(H,27,29). The summed E-state index contributed by atoms with van der Waals surface area (Å²) in [5.74, 6) is 0.330. The van der Waals surface area contributed by atoms with Crippen LogP contribution in [0.2, 0.25) is 0 Å². The van der Waals surface area contributed by atoms with Crippen molar-refractivity contribution in [1.82, 2.24) is 5.32 Å². The predicted octanol–water partition coefficient (Wildman–Crippen LogP) is 4.60. The van der Waals surface area contributed by atoms with Crippen LogP contribution in [-0.4, -0.2) is 11.8 Å². The minimum atomic E-state index is -0.552. The topological polar surface area (TPSA) is 94.6 Å². The number of carbonyl (C=O) groups excluding carboxylic acids is 2. The van der Waals surface area contributed by atoms with Crippen LogP contribution in [0.4, 0.5) is 0 Å². The number of benzene rings is 3. The maximum Gasteiger partial charge on any atom is 0.252 e. The third-order valence-electron chi connectivity index (χ3n) is 4.95. The lowest BCUT2D eigenvalue weighted by atomic mass is 10.1. The van der Waals surface area contributed by atoms with Gasteiger partial charge in [-0.25, -0.2) is 0 Å². The number of carbonyl (C=O) groups is 2. The van der Waals surface area contributed by atoms with E-state index >= 15 is 0 Å². The summed E-state index contributed by atoms with van der Waals surface area (Å²) in [5.41, 5.74) is 7.79. The van der Waals surface area contributed by atoms with Crippen molar-refractivity contribution in [3.05, 3.63) is 101 Å². The van der Waals surface area contributed by atoms with Crippen LogP contribution >= 0.6 is 0 Å². The summed E-state index contributed by atoms with van der Waals surface area (Å²) in [5, 5.41) is 3.96. The Bertz CT molecular complexity index is 1210. The minimum absolute atomic E-state index is 0.199. The monoisotopic (exact) mass is 414 g/mol. The van der Waals surface area contributed by atoms with Gasteiger partial charge in [-0.15, -0.1) is 0 Å². The predicted molar refractivity (Wildman–Crippen MR) is 118 cm³/mol. The molecule has 6 nitrogen and oxygen atoms in total. The first-order valence-corrected chi connectivity index (χ1v) is 9.91. The molecule has 0 spiro atoms. The van der Waals surface area contributed by atoms with E-state index in [1.54, 1.807) is 42.5 Å². The van der Waals surface area contributed by atoms with Crippen molar-refractivity contribution in [2.75, 3.05) is 0 Å². The van der Waals surface area contributed by atoms with Gasteiger partial charge in [-0.05, 0) is 48.9 Å². The van der Waals surface area contributed by atoms with E-state index in [-0.39, 0.29) is 18.6 Å². The Hall–Kier alpha value is -4.06. The summed E-state index contributed by atoms with van der Waals surface area (Å²) in [6, 6.07) is 23.3. The Morgan fingerprint density at radius 3 is 2.58 bits per heavy atom. The highest BCUT2D eigenvalue weighted by Gasteiger charge is 2.16. The first-order chi connectivity index (χ1) is 15.0. The van der Waals surface area contributed by atoms with Crippen LogP contribution in [0, 0.1) is 0 Å². The van der Waals surface area contributed by atoms with Crippen molar-refractivity contribution in [1.29, 1.82) is 0 Å². The first-order valence-electron chi connectivity index (χ1n) is 9.91. The second-order valence-corrected chi connectivity index (χ2v) is 7.23. The number of para-hydroxylation sites is 2. The minimum Gasteiger partial charge on any atom is -0.488 e. The molecule has 3 N–H and O–H groups in total. The van der Waals surface area contributed by atoms with E-state index < -0.39 is 5.91 Å². The summed E-state index contributed by atoms with van der Waals surface area (Å²) in [6.07, 6.45) is 0. The zero-order chi connectivity index (χ0) is 21.8. The number of nitrogens with one attached hydrogen (secondary N) is 1. The summed E-state index contributed by atoms with van der Waals surface area (Å²) in [6.45, 7) is 2.08. The van der Waals surface area contributed by atoms with Crippen LogP contribution in [0.25, 0.3) is 11.0 Å². The first kappa shape index (κ1) is 20.2. The van der Waals surface area contributed by atoms with Crippen molar-refractivity contribution in [2.45, 2.75) is 19.6 Å². The molecule has 2 amide bonds. The molecule has 4 aromatic rings. The van der Waals surface area contributed by atoms with Gasteiger partial charge in [0.2, 0.25) is 0 Å². The molecule has 1 unspecified atom stereocenters. The Morgan fingerprint density at radius 1 is 1.00 bits per heavy atom. The van der Waals surface area contributed by atoms with E-state index in [1.807, 2.05) is 43.3 Å². The zero-order valence-corrected chi connectivity index (χ0v) is 17.0. The molecule has 1 atom stereocenters. The number of primary amides is 1. The molecular formula is C25H22N2O4. The molecule has 0 radical (unpaired) electrons. The second-order valence-electron chi connectivity index (χ2n) is 7.23. The summed E-state index contributed by atoms with van der Waals surface area (Å²) in [7, 11) is 0. The molecule has 0 fully saturated rings. The second kappa shape index (κ2) is 8.75. The molecule has 0 bridgehead atoms. The van der Waals surface area contributed by atoms with E-state index in [9.17, 15) is 9.59 Å². The lowest BCUT2D eigenvalue weighted by Crippen LogP contribution is -2.26. The molecule has 1 heterocycles. The van der Waals surface area contributed by atoms with E-state index in [0.29, 0.717) is 22.6 Å². The molecule has 0 aliphatic rings. The van der Waals surface area contributed by atoms with Crippen LogP contribution in [0.3, 0.4) is 0 Å². The van der Waals surface area contributed by atoms with Crippen LogP contribution < -0.4 is 15.8 Å². The molecule has 156 valence electrons. The van der Waals surface area contributed by atoms with Gasteiger partial charge in [-0.1, -0.05) is 42.5 Å². The van der Waals surface area contributed by atoms with Gasteiger partial charge >= 0.3 is 0 Å². The largest absolute Gasteiger partial charge is 0.488 e. The Labute approximate surface area is 179 Å².